The summed E-state index contributed by atoms with van der Waals surface area (Å²) in [7, 11) is 0. The van der Waals surface area contributed by atoms with Gasteiger partial charge in [-0.05, 0) is 64.2 Å². The predicted molar refractivity (Wildman–Crippen MR) is 131 cm³/mol. The lowest BCUT2D eigenvalue weighted by molar-refractivity contribution is 0.190. The number of hydrogen-bond acceptors (Lipinski definition) is 5. The number of likely N-dealkylation sites (tertiary alicyclic amines) is 1. The van der Waals surface area contributed by atoms with Gasteiger partial charge in [0.1, 0.15) is 0 Å². The van der Waals surface area contributed by atoms with Gasteiger partial charge in [0, 0.05) is 51.7 Å². The molecule has 0 atom stereocenters. The molecule has 0 unspecified atom stereocenters. The highest BCUT2D eigenvalue weighted by molar-refractivity contribution is 14.0. The van der Waals surface area contributed by atoms with Crippen LogP contribution in [0.3, 0.4) is 0 Å². The Hall–Kier alpha value is -1.16. The van der Waals surface area contributed by atoms with Crippen LogP contribution < -0.4 is 10.2 Å². The molecule has 2 aliphatic rings. The maximum Gasteiger partial charge on any atom is 0.225 e. The van der Waals surface area contributed by atoms with E-state index in [2.05, 4.69) is 43.8 Å². The van der Waals surface area contributed by atoms with E-state index in [0.29, 0.717) is 0 Å². The summed E-state index contributed by atoms with van der Waals surface area (Å²) in [4.78, 5) is 20.9. The van der Waals surface area contributed by atoms with Crippen LogP contribution in [-0.2, 0) is 0 Å². The Bertz CT molecular complexity index is 582. The minimum absolute atomic E-state index is 0. The number of anilines is 1. The van der Waals surface area contributed by atoms with Gasteiger partial charge in [0.2, 0.25) is 5.95 Å². The Kier molecular flexibility index (Phi) is 11.0. The SMILES string of the molecule is CCNC(=NCCCCN1CCC(C)CC1)N1CCN(c2ncccn2)CC1.I. The minimum Gasteiger partial charge on any atom is -0.357 e. The standard InChI is InChI=1S/C21H37N7.HI/c1-3-22-20(23-9-4-5-12-26-13-7-19(2)8-14-26)27-15-17-28(18-16-27)21-24-10-6-11-25-21;/h6,10-11,19H,3-5,7-9,12-18H2,1-2H3,(H,22,23);1H. The molecule has 2 fully saturated rings. The fraction of sp³-hybridized carbons (Fsp3) is 0.762. The van der Waals surface area contributed by atoms with Gasteiger partial charge in [-0.15, -0.1) is 24.0 Å². The van der Waals surface area contributed by atoms with Crippen molar-refractivity contribution in [3.8, 4) is 0 Å². The normalized spacial score (nSPS) is 19.2. The van der Waals surface area contributed by atoms with Crippen LogP contribution in [-0.4, -0.2) is 84.6 Å². The summed E-state index contributed by atoms with van der Waals surface area (Å²) in [5, 5.41) is 3.47. The van der Waals surface area contributed by atoms with E-state index in [-0.39, 0.29) is 24.0 Å². The van der Waals surface area contributed by atoms with Crippen molar-refractivity contribution in [1.82, 2.24) is 25.1 Å². The molecule has 164 valence electrons. The zero-order chi connectivity index (χ0) is 19.6. The summed E-state index contributed by atoms with van der Waals surface area (Å²) in [5.74, 6) is 2.80. The Morgan fingerprint density at radius 1 is 1.07 bits per heavy atom. The molecular formula is C21H38IN7. The molecule has 3 rings (SSSR count). The van der Waals surface area contributed by atoms with E-state index in [1.165, 1.54) is 45.3 Å². The Labute approximate surface area is 193 Å². The van der Waals surface area contributed by atoms with Gasteiger partial charge in [0.25, 0.3) is 0 Å². The maximum atomic E-state index is 4.89. The number of hydrogen-bond donors (Lipinski definition) is 1. The molecule has 3 heterocycles. The first kappa shape index (κ1) is 24.1. The van der Waals surface area contributed by atoms with E-state index in [1.54, 1.807) is 0 Å². The molecule has 0 aromatic carbocycles. The number of nitrogens with zero attached hydrogens (tertiary/aromatic N) is 6. The molecule has 8 heteroatoms. The minimum atomic E-state index is 0. The van der Waals surface area contributed by atoms with Gasteiger partial charge < -0.3 is 20.0 Å². The molecule has 0 amide bonds. The summed E-state index contributed by atoms with van der Waals surface area (Å²) in [6.07, 6.45) is 8.76. The van der Waals surface area contributed by atoms with Crippen LogP contribution in [0.2, 0.25) is 0 Å². The fourth-order valence-electron chi connectivity index (χ4n) is 3.92. The second-order valence-corrected chi connectivity index (χ2v) is 7.99. The molecule has 0 bridgehead atoms. The molecule has 1 aromatic rings. The highest BCUT2D eigenvalue weighted by Gasteiger charge is 2.21. The highest BCUT2D eigenvalue weighted by atomic mass is 127. The summed E-state index contributed by atoms with van der Waals surface area (Å²) >= 11 is 0. The molecule has 2 aliphatic heterocycles. The van der Waals surface area contributed by atoms with Gasteiger partial charge in [-0.3, -0.25) is 4.99 Å². The average molecular weight is 515 g/mol. The largest absolute Gasteiger partial charge is 0.357 e. The summed E-state index contributed by atoms with van der Waals surface area (Å²) in [6.45, 7) is 13.9. The van der Waals surface area contributed by atoms with Crippen molar-refractivity contribution in [3.63, 3.8) is 0 Å². The molecule has 1 aromatic heterocycles. The monoisotopic (exact) mass is 515 g/mol. The van der Waals surface area contributed by atoms with Gasteiger partial charge >= 0.3 is 0 Å². The third kappa shape index (κ3) is 7.88. The van der Waals surface area contributed by atoms with Gasteiger partial charge in [0.05, 0.1) is 0 Å². The molecular weight excluding hydrogens is 477 g/mol. The second-order valence-electron chi connectivity index (χ2n) is 7.99. The van der Waals surface area contributed by atoms with Crippen LogP contribution >= 0.6 is 24.0 Å². The van der Waals surface area contributed by atoms with Gasteiger partial charge in [0.15, 0.2) is 5.96 Å². The van der Waals surface area contributed by atoms with Gasteiger partial charge in [-0.2, -0.15) is 0 Å². The third-order valence-electron chi connectivity index (χ3n) is 5.77. The van der Waals surface area contributed by atoms with Crippen LogP contribution in [0.4, 0.5) is 5.95 Å². The number of aromatic nitrogens is 2. The van der Waals surface area contributed by atoms with Crippen LogP contribution in [0.25, 0.3) is 0 Å². The summed E-state index contributed by atoms with van der Waals surface area (Å²) in [6, 6.07) is 1.86. The highest BCUT2D eigenvalue weighted by Crippen LogP contribution is 2.16. The number of guanidine groups is 1. The Balaban J connectivity index is 0.00000300. The van der Waals surface area contributed by atoms with E-state index in [1.807, 2.05) is 18.5 Å². The Morgan fingerprint density at radius 2 is 1.76 bits per heavy atom. The number of piperidine rings is 1. The quantitative estimate of drug-likeness (QED) is 0.261. The van der Waals surface area contributed by atoms with Gasteiger partial charge in [-0.1, -0.05) is 6.92 Å². The lowest BCUT2D eigenvalue weighted by atomic mass is 9.99. The molecule has 7 nitrogen and oxygen atoms in total. The van der Waals surface area contributed by atoms with Crippen LogP contribution in [0.5, 0.6) is 0 Å². The first-order chi connectivity index (χ1) is 13.8. The Morgan fingerprint density at radius 3 is 2.41 bits per heavy atom. The number of nitrogens with one attached hydrogen (secondary N) is 1. The summed E-state index contributed by atoms with van der Waals surface area (Å²) in [5.41, 5.74) is 0. The van der Waals surface area contributed by atoms with E-state index >= 15 is 0 Å². The fourth-order valence-corrected chi connectivity index (χ4v) is 3.92. The van der Waals surface area contributed by atoms with Crippen molar-refractivity contribution in [2.24, 2.45) is 10.9 Å². The molecule has 2 saturated heterocycles. The number of unbranched alkanes of at least 4 members (excludes halogenated alkanes) is 1. The number of halogens is 1. The number of aliphatic imine (C=N–C) groups is 1. The molecule has 0 saturated carbocycles. The summed E-state index contributed by atoms with van der Waals surface area (Å²) < 4.78 is 0. The molecule has 29 heavy (non-hydrogen) atoms. The lowest BCUT2D eigenvalue weighted by Gasteiger charge is -2.36. The van der Waals surface area contributed by atoms with E-state index in [9.17, 15) is 0 Å². The van der Waals surface area contributed by atoms with Crippen LogP contribution in [0.15, 0.2) is 23.5 Å². The number of rotatable bonds is 7. The number of piperazine rings is 1. The zero-order valence-corrected chi connectivity index (χ0v) is 20.4. The molecule has 0 radical (unpaired) electrons. The first-order valence-corrected chi connectivity index (χ1v) is 11.0. The van der Waals surface area contributed by atoms with E-state index < -0.39 is 0 Å². The average Bonchev–Trinajstić information content (AvgIpc) is 2.75. The van der Waals surface area contributed by atoms with E-state index in [4.69, 9.17) is 4.99 Å². The van der Waals surface area contributed by atoms with Crippen molar-refractivity contribution >= 4 is 35.9 Å². The van der Waals surface area contributed by atoms with Crippen molar-refractivity contribution < 1.29 is 0 Å². The van der Waals surface area contributed by atoms with Crippen LogP contribution in [0.1, 0.15) is 39.5 Å². The van der Waals surface area contributed by atoms with Crippen molar-refractivity contribution in [3.05, 3.63) is 18.5 Å². The van der Waals surface area contributed by atoms with Crippen molar-refractivity contribution in [2.45, 2.75) is 39.5 Å². The third-order valence-corrected chi connectivity index (χ3v) is 5.77. The molecule has 0 aliphatic carbocycles. The van der Waals surface area contributed by atoms with Crippen molar-refractivity contribution in [2.75, 3.05) is 63.8 Å². The van der Waals surface area contributed by atoms with Crippen LogP contribution in [0, 0.1) is 5.92 Å². The van der Waals surface area contributed by atoms with Crippen molar-refractivity contribution in [1.29, 1.82) is 0 Å². The predicted octanol–water partition coefficient (Wildman–Crippen LogP) is 2.69. The maximum absolute atomic E-state index is 4.89. The first-order valence-electron chi connectivity index (χ1n) is 11.0. The smallest absolute Gasteiger partial charge is 0.225 e. The zero-order valence-electron chi connectivity index (χ0n) is 18.1. The lowest BCUT2D eigenvalue weighted by Crippen LogP contribution is -2.53. The molecule has 1 N–H and O–H groups in total. The molecule has 0 spiro atoms. The van der Waals surface area contributed by atoms with Gasteiger partial charge in [-0.25, -0.2) is 9.97 Å². The topological polar surface area (TPSA) is 59.9 Å². The van der Waals surface area contributed by atoms with E-state index in [0.717, 1.165) is 57.1 Å². The second kappa shape index (κ2) is 13.2.